The molecule has 0 bridgehead atoms. The van der Waals surface area contributed by atoms with E-state index >= 15 is 0 Å². The molecular formula is C23H27ClN4O2S. The second kappa shape index (κ2) is 9.16. The zero-order valence-corrected chi connectivity index (χ0v) is 19.7. The monoisotopic (exact) mass is 458 g/mol. The van der Waals surface area contributed by atoms with Crippen LogP contribution in [0.15, 0.2) is 48.5 Å². The number of amidine groups is 1. The number of nitrogens with two attached hydrogens (primary N) is 1. The van der Waals surface area contributed by atoms with Crippen molar-refractivity contribution >= 4 is 50.5 Å². The molecule has 0 aliphatic heterocycles. The average Bonchev–Trinajstić information content (AvgIpc) is 3.17. The molecule has 1 aromatic heterocycles. The molecule has 0 atom stereocenters. The number of anilines is 1. The topological polar surface area (TPSA) is 82.7 Å². The molecule has 31 heavy (non-hydrogen) atoms. The van der Waals surface area contributed by atoms with Gasteiger partial charge in [-0.1, -0.05) is 17.7 Å². The van der Waals surface area contributed by atoms with E-state index < -0.39 is 5.60 Å². The minimum absolute atomic E-state index is 0.0723. The molecule has 0 aliphatic rings. The van der Waals surface area contributed by atoms with Crippen molar-refractivity contribution in [1.29, 1.82) is 5.41 Å². The number of amides is 1. The molecule has 0 aliphatic carbocycles. The number of nitrogen functional groups attached to an aromatic ring is 1. The molecule has 3 N–H and O–H groups in total. The maximum Gasteiger partial charge on any atom is 0.265 e. The number of nitrogens with zero attached hydrogens (tertiary/aromatic N) is 2. The number of ether oxygens (including phenoxy) is 1. The van der Waals surface area contributed by atoms with E-state index in [1.807, 2.05) is 31.3 Å². The van der Waals surface area contributed by atoms with Crippen molar-refractivity contribution in [1.82, 2.24) is 4.90 Å². The SMILES string of the molecule is CN(CCN(C)c1cccc2sc(C(=N)N)cc12)C(=O)C(C)(C)Oc1ccc(Cl)cc1. The van der Waals surface area contributed by atoms with Crippen molar-refractivity contribution in [2.75, 3.05) is 32.1 Å². The number of fused-ring (bicyclic) bond motifs is 1. The number of rotatable bonds is 8. The van der Waals surface area contributed by atoms with Crippen LogP contribution in [0.5, 0.6) is 5.75 Å². The highest BCUT2D eigenvalue weighted by molar-refractivity contribution is 7.20. The number of benzene rings is 2. The Morgan fingerprint density at radius 3 is 2.48 bits per heavy atom. The van der Waals surface area contributed by atoms with Gasteiger partial charge in [0.25, 0.3) is 5.91 Å². The Morgan fingerprint density at radius 1 is 1.16 bits per heavy atom. The van der Waals surface area contributed by atoms with Crippen molar-refractivity contribution in [3.8, 4) is 5.75 Å². The maximum atomic E-state index is 13.0. The van der Waals surface area contributed by atoms with Crippen LogP contribution in [-0.4, -0.2) is 49.4 Å². The largest absolute Gasteiger partial charge is 0.478 e. The molecule has 1 heterocycles. The van der Waals surface area contributed by atoms with E-state index in [2.05, 4.69) is 4.90 Å². The Hall–Kier alpha value is -2.77. The number of hydrogen-bond donors (Lipinski definition) is 2. The predicted molar refractivity (Wildman–Crippen MR) is 130 cm³/mol. The minimum Gasteiger partial charge on any atom is -0.478 e. The van der Waals surface area contributed by atoms with E-state index in [1.54, 1.807) is 50.1 Å². The smallest absolute Gasteiger partial charge is 0.265 e. The fourth-order valence-corrected chi connectivity index (χ4v) is 4.40. The summed E-state index contributed by atoms with van der Waals surface area (Å²) in [6.07, 6.45) is 0. The summed E-state index contributed by atoms with van der Waals surface area (Å²) in [6, 6.07) is 15.0. The summed E-state index contributed by atoms with van der Waals surface area (Å²) < 4.78 is 7.00. The summed E-state index contributed by atoms with van der Waals surface area (Å²) >= 11 is 7.42. The van der Waals surface area contributed by atoms with Gasteiger partial charge in [-0.2, -0.15) is 0 Å². The molecule has 164 valence electrons. The van der Waals surface area contributed by atoms with Crippen LogP contribution in [0.3, 0.4) is 0 Å². The summed E-state index contributed by atoms with van der Waals surface area (Å²) in [6.45, 7) is 4.70. The van der Waals surface area contributed by atoms with Gasteiger partial charge in [0.05, 0.1) is 4.88 Å². The molecule has 1 amide bonds. The van der Waals surface area contributed by atoms with Crippen LogP contribution in [0.2, 0.25) is 5.02 Å². The lowest BCUT2D eigenvalue weighted by molar-refractivity contribution is -0.143. The van der Waals surface area contributed by atoms with Gasteiger partial charge in [0, 0.05) is 48.0 Å². The van der Waals surface area contributed by atoms with Gasteiger partial charge in [-0.3, -0.25) is 10.2 Å². The fraction of sp³-hybridized carbons (Fsp3) is 0.304. The molecule has 8 heteroatoms. The number of halogens is 1. The van der Waals surface area contributed by atoms with Crippen LogP contribution >= 0.6 is 22.9 Å². The van der Waals surface area contributed by atoms with E-state index in [-0.39, 0.29) is 11.7 Å². The van der Waals surface area contributed by atoms with Crippen LogP contribution in [-0.2, 0) is 4.79 Å². The zero-order valence-electron chi connectivity index (χ0n) is 18.1. The van der Waals surface area contributed by atoms with Gasteiger partial charge >= 0.3 is 0 Å². The van der Waals surface area contributed by atoms with Crippen molar-refractivity contribution in [2.24, 2.45) is 5.73 Å². The number of hydrogen-bond acceptors (Lipinski definition) is 5. The van der Waals surface area contributed by atoms with Gasteiger partial charge in [-0.15, -0.1) is 11.3 Å². The second-order valence-electron chi connectivity index (χ2n) is 7.93. The van der Waals surface area contributed by atoms with Crippen LogP contribution in [0.4, 0.5) is 5.69 Å². The van der Waals surface area contributed by atoms with E-state index in [0.717, 1.165) is 20.7 Å². The molecule has 0 saturated heterocycles. The minimum atomic E-state index is -1.01. The lowest BCUT2D eigenvalue weighted by Gasteiger charge is -2.31. The third-order valence-corrected chi connectivity index (χ3v) is 6.42. The van der Waals surface area contributed by atoms with Crippen molar-refractivity contribution < 1.29 is 9.53 Å². The summed E-state index contributed by atoms with van der Waals surface area (Å²) in [5, 5.41) is 9.37. The summed E-state index contributed by atoms with van der Waals surface area (Å²) in [4.78, 5) is 17.5. The number of thiophene rings is 1. The molecule has 0 fully saturated rings. The summed E-state index contributed by atoms with van der Waals surface area (Å²) in [5.74, 6) is 0.560. The Bertz CT molecular complexity index is 1090. The predicted octanol–water partition coefficient (Wildman–Crippen LogP) is 4.59. The fourth-order valence-electron chi connectivity index (χ4n) is 3.33. The standard InChI is InChI=1S/C23H27ClN4O2S/c1-23(2,30-16-10-8-15(24)9-11-16)22(29)28(4)13-12-27(3)18-6-5-7-19-17(18)14-20(31-19)21(25)26/h5-11,14H,12-13H2,1-4H3,(H3,25,26). The summed E-state index contributed by atoms with van der Waals surface area (Å²) in [7, 11) is 3.77. The van der Waals surface area contributed by atoms with Gasteiger partial charge < -0.3 is 20.3 Å². The molecule has 0 spiro atoms. The van der Waals surface area contributed by atoms with Gasteiger partial charge in [0.1, 0.15) is 11.6 Å². The molecule has 6 nitrogen and oxygen atoms in total. The zero-order chi connectivity index (χ0) is 22.8. The third-order valence-electron chi connectivity index (χ3n) is 5.03. The normalized spacial score (nSPS) is 11.4. The molecule has 0 saturated carbocycles. The first-order valence-corrected chi connectivity index (χ1v) is 11.1. The Morgan fingerprint density at radius 2 is 1.84 bits per heavy atom. The van der Waals surface area contributed by atoms with Crippen LogP contribution in [0.25, 0.3) is 10.1 Å². The first-order valence-electron chi connectivity index (χ1n) is 9.87. The maximum absolute atomic E-state index is 13.0. The van der Waals surface area contributed by atoms with Crippen molar-refractivity contribution in [3.05, 3.63) is 58.4 Å². The second-order valence-corrected chi connectivity index (χ2v) is 9.45. The highest BCUT2D eigenvalue weighted by Crippen LogP contribution is 2.33. The highest BCUT2D eigenvalue weighted by atomic mass is 35.5. The number of likely N-dealkylation sites (N-methyl/N-ethyl adjacent to an activating group) is 2. The Labute approximate surface area is 191 Å². The average molecular weight is 459 g/mol. The third kappa shape index (κ3) is 5.29. The number of carbonyl (C=O) groups excluding carboxylic acids is 1. The lowest BCUT2D eigenvalue weighted by atomic mass is 10.1. The summed E-state index contributed by atoms with van der Waals surface area (Å²) in [5.41, 5.74) is 5.69. The van der Waals surface area contributed by atoms with Crippen LogP contribution in [0, 0.1) is 5.41 Å². The van der Waals surface area contributed by atoms with E-state index in [9.17, 15) is 4.79 Å². The first-order chi connectivity index (χ1) is 14.6. The van der Waals surface area contributed by atoms with Gasteiger partial charge in [0.2, 0.25) is 0 Å². The van der Waals surface area contributed by atoms with Crippen molar-refractivity contribution in [2.45, 2.75) is 19.4 Å². The molecule has 3 rings (SSSR count). The Balaban J connectivity index is 1.66. The van der Waals surface area contributed by atoms with E-state index in [1.165, 1.54) is 11.3 Å². The number of nitrogens with one attached hydrogen (secondary N) is 1. The molecule has 2 aromatic carbocycles. The van der Waals surface area contributed by atoms with E-state index in [0.29, 0.717) is 23.9 Å². The first kappa shape index (κ1) is 22.9. The lowest BCUT2D eigenvalue weighted by Crippen LogP contribution is -2.49. The van der Waals surface area contributed by atoms with Gasteiger partial charge in [-0.05, 0) is 56.3 Å². The molecule has 0 radical (unpaired) electrons. The van der Waals surface area contributed by atoms with E-state index in [4.69, 9.17) is 27.5 Å². The molecular weight excluding hydrogens is 432 g/mol. The van der Waals surface area contributed by atoms with Gasteiger partial charge in [0.15, 0.2) is 5.60 Å². The molecule has 0 unspecified atom stereocenters. The Kier molecular flexibility index (Phi) is 6.77. The molecule has 3 aromatic rings. The number of carbonyl (C=O) groups is 1. The van der Waals surface area contributed by atoms with Gasteiger partial charge in [-0.25, -0.2) is 0 Å². The quantitative estimate of drug-likeness (QED) is 0.382. The van der Waals surface area contributed by atoms with Crippen LogP contribution < -0.4 is 15.4 Å². The highest BCUT2D eigenvalue weighted by Gasteiger charge is 2.32. The van der Waals surface area contributed by atoms with Crippen LogP contribution in [0.1, 0.15) is 18.7 Å². The van der Waals surface area contributed by atoms with Crippen molar-refractivity contribution in [3.63, 3.8) is 0 Å².